The van der Waals surface area contributed by atoms with Gasteiger partial charge in [-0.25, -0.2) is 9.97 Å². The number of benzene rings is 1. The lowest BCUT2D eigenvalue weighted by molar-refractivity contribution is -0.124. The van der Waals surface area contributed by atoms with Crippen molar-refractivity contribution in [3.05, 3.63) is 42.7 Å². The van der Waals surface area contributed by atoms with E-state index >= 15 is 0 Å². The minimum atomic E-state index is -0.0825. The maximum atomic E-state index is 12.0. The Bertz CT molecular complexity index is 658. The molecule has 0 radical (unpaired) electrons. The highest BCUT2D eigenvalue weighted by Gasteiger charge is 2.22. The van der Waals surface area contributed by atoms with Crippen LogP contribution in [0.25, 0.3) is 11.4 Å². The van der Waals surface area contributed by atoms with E-state index in [0.717, 1.165) is 12.0 Å². The van der Waals surface area contributed by atoms with E-state index in [0.29, 0.717) is 17.5 Å². The summed E-state index contributed by atoms with van der Waals surface area (Å²) >= 11 is 0. The third-order valence-electron chi connectivity index (χ3n) is 4.49. The predicted molar refractivity (Wildman–Crippen MR) is 92.5 cm³/mol. The van der Waals surface area contributed by atoms with Gasteiger partial charge in [0.2, 0.25) is 0 Å². The summed E-state index contributed by atoms with van der Waals surface area (Å²) in [5.41, 5.74) is 0.952. The van der Waals surface area contributed by atoms with Gasteiger partial charge in [-0.2, -0.15) is 0 Å². The Kier molecular flexibility index (Phi) is 5.41. The summed E-state index contributed by atoms with van der Waals surface area (Å²) in [5.74, 6) is 1.60. The van der Waals surface area contributed by atoms with E-state index in [1.165, 1.54) is 19.3 Å². The molecule has 1 saturated carbocycles. The molecule has 24 heavy (non-hydrogen) atoms. The molecule has 2 atom stereocenters. The Morgan fingerprint density at radius 2 is 1.88 bits per heavy atom. The van der Waals surface area contributed by atoms with Crippen LogP contribution in [-0.4, -0.2) is 28.5 Å². The molecule has 1 aromatic carbocycles. The number of carbonyl (C=O) groups excluding carboxylic acids is 1. The minimum Gasteiger partial charge on any atom is -0.481 e. The zero-order valence-electron chi connectivity index (χ0n) is 13.9. The van der Waals surface area contributed by atoms with E-state index in [4.69, 9.17) is 4.74 Å². The summed E-state index contributed by atoms with van der Waals surface area (Å²) in [7, 11) is 0. The van der Waals surface area contributed by atoms with Gasteiger partial charge in [0.15, 0.2) is 18.2 Å². The number of hydrogen-bond acceptors (Lipinski definition) is 4. The number of amides is 1. The molecule has 126 valence electrons. The Hall–Kier alpha value is -2.43. The molecule has 1 aromatic heterocycles. The van der Waals surface area contributed by atoms with Crippen LogP contribution in [0.1, 0.15) is 32.6 Å². The zero-order valence-corrected chi connectivity index (χ0v) is 13.9. The first-order chi connectivity index (χ1) is 11.7. The molecule has 1 fully saturated rings. The third-order valence-corrected chi connectivity index (χ3v) is 4.49. The van der Waals surface area contributed by atoms with Crippen molar-refractivity contribution in [1.29, 1.82) is 0 Å². The van der Waals surface area contributed by atoms with Gasteiger partial charge in [-0.05, 0) is 18.8 Å². The van der Waals surface area contributed by atoms with Gasteiger partial charge in [0.05, 0.1) is 12.4 Å². The van der Waals surface area contributed by atoms with Gasteiger partial charge in [0, 0.05) is 11.6 Å². The van der Waals surface area contributed by atoms with Crippen LogP contribution in [0.2, 0.25) is 0 Å². The van der Waals surface area contributed by atoms with Crippen molar-refractivity contribution >= 4 is 5.91 Å². The maximum Gasteiger partial charge on any atom is 0.258 e. The highest BCUT2D eigenvalue weighted by atomic mass is 16.5. The number of hydrogen-bond donors (Lipinski definition) is 1. The van der Waals surface area contributed by atoms with Crippen LogP contribution < -0.4 is 10.1 Å². The molecule has 0 saturated heterocycles. The van der Waals surface area contributed by atoms with E-state index in [-0.39, 0.29) is 18.6 Å². The molecule has 1 heterocycles. The van der Waals surface area contributed by atoms with Gasteiger partial charge in [-0.3, -0.25) is 4.79 Å². The molecule has 1 aliphatic carbocycles. The summed E-state index contributed by atoms with van der Waals surface area (Å²) in [6.45, 7) is 2.19. The van der Waals surface area contributed by atoms with Crippen LogP contribution in [0, 0.1) is 5.92 Å². The molecule has 0 bridgehead atoms. The van der Waals surface area contributed by atoms with Crippen molar-refractivity contribution < 1.29 is 9.53 Å². The van der Waals surface area contributed by atoms with Crippen LogP contribution >= 0.6 is 0 Å². The summed E-state index contributed by atoms with van der Waals surface area (Å²) in [6.07, 6.45) is 7.89. The van der Waals surface area contributed by atoms with E-state index in [9.17, 15) is 4.79 Å². The number of nitrogens with zero attached hydrogens (tertiary/aromatic N) is 2. The van der Waals surface area contributed by atoms with E-state index in [1.54, 1.807) is 12.4 Å². The van der Waals surface area contributed by atoms with Crippen LogP contribution in [0.5, 0.6) is 5.75 Å². The van der Waals surface area contributed by atoms with Crippen molar-refractivity contribution in [2.75, 3.05) is 6.61 Å². The molecular formula is C19H23N3O2. The van der Waals surface area contributed by atoms with Crippen molar-refractivity contribution in [3.63, 3.8) is 0 Å². The van der Waals surface area contributed by atoms with Crippen molar-refractivity contribution in [2.45, 2.75) is 38.6 Å². The quantitative estimate of drug-likeness (QED) is 0.917. The van der Waals surface area contributed by atoms with Gasteiger partial charge in [-0.15, -0.1) is 0 Å². The zero-order chi connectivity index (χ0) is 16.8. The van der Waals surface area contributed by atoms with Crippen LogP contribution in [0.4, 0.5) is 0 Å². The SMILES string of the molecule is C[C@H]1CCCC[C@@H]1NC(=O)COc1cnc(-c2ccccc2)nc1. The fourth-order valence-corrected chi connectivity index (χ4v) is 3.06. The molecule has 1 amide bonds. The lowest BCUT2D eigenvalue weighted by Gasteiger charge is -2.29. The Morgan fingerprint density at radius 3 is 2.58 bits per heavy atom. The highest BCUT2D eigenvalue weighted by molar-refractivity contribution is 5.77. The first-order valence-electron chi connectivity index (χ1n) is 8.52. The lowest BCUT2D eigenvalue weighted by Crippen LogP contribution is -2.43. The van der Waals surface area contributed by atoms with Crippen LogP contribution in [0.15, 0.2) is 42.7 Å². The topological polar surface area (TPSA) is 64.1 Å². The third kappa shape index (κ3) is 4.31. The first kappa shape index (κ1) is 16.4. The number of aromatic nitrogens is 2. The molecule has 1 N–H and O–H groups in total. The Labute approximate surface area is 142 Å². The summed E-state index contributed by atoms with van der Waals surface area (Å²) in [5, 5.41) is 3.07. The Balaban J connectivity index is 1.50. The average Bonchev–Trinajstić information content (AvgIpc) is 2.63. The molecule has 0 unspecified atom stereocenters. The second kappa shape index (κ2) is 7.90. The minimum absolute atomic E-state index is 0.00271. The van der Waals surface area contributed by atoms with Crippen molar-refractivity contribution in [1.82, 2.24) is 15.3 Å². The van der Waals surface area contributed by atoms with Crippen molar-refractivity contribution in [3.8, 4) is 17.1 Å². The van der Waals surface area contributed by atoms with Gasteiger partial charge in [0.1, 0.15) is 0 Å². The first-order valence-corrected chi connectivity index (χ1v) is 8.52. The van der Waals surface area contributed by atoms with Gasteiger partial charge < -0.3 is 10.1 Å². The predicted octanol–water partition coefficient (Wildman–Crippen LogP) is 3.22. The molecule has 0 spiro atoms. The van der Waals surface area contributed by atoms with E-state index in [1.807, 2.05) is 30.3 Å². The number of nitrogens with one attached hydrogen (secondary N) is 1. The number of carbonyl (C=O) groups is 1. The van der Waals surface area contributed by atoms with Crippen LogP contribution in [0.3, 0.4) is 0 Å². The number of rotatable bonds is 5. The van der Waals surface area contributed by atoms with Gasteiger partial charge in [0.25, 0.3) is 5.91 Å². The molecule has 1 aliphatic rings. The maximum absolute atomic E-state index is 12.0. The monoisotopic (exact) mass is 325 g/mol. The normalized spacial score (nSPS) is 20.4. The van der Waals surface area contributed by atoms with E-state index < -0.39 is 0 Å². The fraction of sp³-hybridized carbons (Fsp3) is 0.421. The second-order valence-electron chi connectivity index (χ2n) is 6.33. The number of ether oxygens (including phenoxy) is 1. The van der Waals surface area contributed by atoms with Crippen LogP contribution in [-0.2, 0) is 4.79 Å². The summed E-state index contributed by atoms with van der Waals surface area (Å²) < 4.78 is 5.50. The standard InChI is InChI=1S/C19H23N3O2/c1-14-7-5-6-10-17(14)22-18(23)13-24-16-11-20-19(21-12-16)15-8-3-2-4-9-15/h2-4,8-9,11-12,14,17H,5-7,10,13H2,1H3,(H,22,23)/t14-,17-/m0/s1. The van der Waals surface area contributed by atoms with Gasteiger partial charge >= 0.3 is 0 Å². The van der Waals surface area contributed by atoms with E-state index in [2.05, 4.69) is 22.2 Å². The van der Waals surface area contributed by atoms with Gasteiger partial charge in [-0.1, -0.05) is 50.1 Å². The Morgan fingerprint density at radius 1 is 1.17 bits per heavy atom. The summed E-state index contributed by atoms with van der Waals surface area (Å²) in [6, 6.07) is 10.0. The largest absolute Gasteiger partial charge is 0.481 e. The lowest BCUT2D eigenvalue weighted by atomic mass is 9.86. The molecular weight excluding hydrogens is 302 g/mol. The summed E-state index contributed by atoms with van der Waals surface area (Å²) in [4.78, 5) is 20.6. The highest BCUT2D eigenvalue weighted by Crippen LogP contribution is 2.23. The fourth-order valence-electron chi connectivity index (χ4n) is 3.06. The molecule has 0 aliphatic heterocycles. The second-order valence-corrected chi connectivity index (χ2v) is 6.33. The average molecular weight is 325 g/mol. The molecule has 5 nitrogen and oxygen atoms in total. The molecule has 2 aromatic rings. The molecule has 5 heteroatoms. The smallest absolute Gasteiger partial charge is 0.258 e. The van der Waals surface area contributed by atoms with Crippen molar-refractivity contribution in [2.24, 2.45) is 5.92 Å². The molecule has 3 rings (SSSR count).